The van der Waals surface area contributed by atoms with Crippen molar-refractivity contribution in [3.63, 3.8) is 0 Å². The number of ether oxygens (including phenoxy) is 1. The first-order valence-corrected chi connectivity index (χ1v) is 5.99. The van der Waals surface area contributed by atoms with Gasteiger partial charge in [0, 0.05) is 19.1 Å². The lowest BCUT2D eigenvalue weighted by atomic mass is 10.2. The summed E-state index contributed by atoms with van der Waals surface area (Å²) in [7, 11) is 3.98. The van der Waals surface area contributed by atoms with Crippen LogP contribution in [0.5, 0.6) is 5.75 Å². The van der Waals surface area contributed by atoms with Crippen molar-refractivity contribution in [3.05, 3.63) is 29.8 Å². The van der Waals surface area contributed by atoms with Gasteiger partial charge in [0.05, 0.1) is 0 Å². The lowest BCUT2D eigenvalue weighted by Crippen LogP contribution is -2.35. The summed E-state index contributed by atoms with van der Waals surface area (Å²) in [4.78, 5) is 2.07. The fraction of sp³-hybridized carbons (Fsp3) is 0.538. The average molecular weight is 276 g/mol. The van der Waals surface area contributed by atoms with Gasteiger partial charge in [-0.1, -0.05) is 12.1 Å². The van der Waals surface area contributed by atoms with E-state index in [2.05, 4.69) is 21.9 Å². The Morgan fingerprint density at radius 3 is 2.26 bits per heavy atom. The molecule has 0 saturated carbocycles. The largest absolute Gasteiger partial charge is 0.573 e. The van der Waals surface area contributed by atoms with E-state index in [0.717, 1.165) is 12.1 Å². The third kappa shape index (κ3) is 7.03. The van der Waals surface area contributed by atoms with Crippen molar-refractivity contribution in [1.29, 1.82) is 0 Å². The van der Waals surface area contributed by atoms with Gasteiger partial charge in [0.25, 0.3) is 0 Å². The van der Waals surface area contributed by atoms with Crippen LogP contribution >= 0.6 is 0 Å². The highest BCUT2D eigenvalue weighted by atomic mass is 19.4. The third-order valence-electron chi connectivity index (χ3n) is 2.45. The summed E-state index contributed by atoms with van der Waals surface area (Å²) in [5, 5.41) is 3.29. The Kier molecular flexibility index (Phi) is 5.62. The Hall–Kier alpha value is -1.27. The van der Waals surface area contributed by atoms with E-state index in [4.69, 9.17) is 0 Å². The molecule has 0 spiro atoms. The van der Waals surface area contributed by atoms with Crippen LogP contribution in [0.2, 0.25) is 0 Å². The van der Waals surface area contributed by atoms with Crippen LogP contribution in [0.3, 0.4) is 0 Å². The van der Waals surface area contributed by atoms with Gasteiger partial charge in [-0.3, -0.25) is 0 Å². The minimum absolute atomic E-state index is 0.197. The molecule has 1 rings (SSSR count). The van der Waals surface area contributed by atoms with E-state index in [1.54, 1.807) is 12.1 Å². The highest BCUT2D eigenvalue weighted by Crippen LogP contribution is 2.22. The molecule has 3 nitrogen and oxygen atoms in total. The molecule has 0 fully saturated rings. The third-order valence-corrected chi connectivity index (χ3v) is 2.45. The lowest BCUT2D eigenvalue weighted by Gasteiger charge is -2.18. The van der Waals surface area contributed by atoms with Crippen LogP contribution in [0.4, 0.5) is 13.2 Å². The van der Waals surface area contributed by atoms with Gasteiger partial charge in [-0.25, -0.2) is 0 Å². The van der Waals surface area contributed by atoms with Crippen LogP contribution in [-0.4, -0.2) is 37.9 Å². The molecule has 0 aliphatic carbocycles. The summed E-state index contributed by atoms with van der Waals surface area (Å²) < 4.78 is 39.7. The zero-order valence-corrected chi connectivity index (χ0v) is 11.3. The summed E-state index contributed by atoms with van der Waals surface area (Å²) in [5.74, 6) is -0.197. The summed E-state index contributed by atoms with van der Waals surface area (Å²) in [6.45, 7) is 3.57. The van der Waals surface area contributed by atoms with Crippen molar-refractivity contribution in [2.24, 2.45) is 0 Å². The summed E-state index contributed by atoms with van der Waals surface area (Å²) in [5.41, 5.74) is 0.917. The van der Waals surface area contributed by atoms with Crippen LogP contribution in [0.1, 0.15) is 12.5 Å². The standard InChI is InChI=1S/C13H19F3N2O/c1-10(9-18(2)3)17-8-11-4-6-12(7-5-11)19-13(14,15)16/h4-7,10,17H,8-9H2,1-3H3. The summed E-state index contributed by atoms with van der Waals surface area (Å²) in [6, 6.07) is 6.19. The van der Waals surface area contributed by atoms with Crippen molar-refractivity contribution in [1.82, 2.24) is 10.2 Å². The Morgan fingerprint density at radius 2 is 1.79 bits per heavy atom. The average Bonchev–Trinajstić information content (AvgIpc) is 2.25. The highest BCUT2D eigenvalue weighted by molar-refractivity contribution is 5.27. The molecular formula is C13H19F3N2O. The Balaban J connectivity index is 2.44. The normalized spacial score (nSPS) is 13.6. The molecule has 0 aliphatic heterocycles. The van der Waals surface area contributed by atoms with E-state index < -0.39 is 6.36 Å². The number of benzene rings is 1. The van der Waals surface area contributed by atoms with E-state index in [-0.39, 0.29) is 5.75 Å². The van der Waals surface area contributed by atoms with E-state index in [0.29, 0.717) is 12.6 Å². The first kappa shape index (κ1) is 15.8. The number of likely N-dealkylation sites (N-methyl/N-ethyl adjacent to an activating group) is 1. The maximum absolute atomic E-state index is 12.0. The van der Waals surface area contributed by atoms with Gasteiger partial charge in [0.2, 0.25) is 0 Å². The second kappa shape index (κ2) is 6.77. The number of hydrogen-bond acceptors (Lipinski definition) is 3. The maximum atomic E-state index is 12.0. The topological polar surface area (TPSA) is 24.5 Å². The predicted octanol–water partition coefficient (Wildman–Crippen LogP) is 2.62. The monoisotopic (exact) mass is 276 g/mol. The molecule has 1 aromatic carbocycles. The van der Waals surface area contributed by atoms with Crippen molar-refractivity contribution >= 4 is 0 Å². The molecule has 1 aromatic rings. The molecule has 0 amide bonds. The molecule has 19 heavy (non-hydrogen) atoms. The SMILES string of the molecule is CC(CN(C)C)NCc1ccc(OC(F)(F)F)cc1. The highest BCUT2D eigenvalue weighted by Gasteiger charge is 2.30. The van der Waals surface area contributed by atoms with Gasteiger partial charge in [-0.15, -0.1) is 13.2 Å². The van der Waals surface area contributed by atoms with E-state index in [9.17, 15) is 13.2 Å². The van der Waals surface area contributed by atoms with Crippen LogP contribution in [0.15, 0.2) is 24.3 Å². The molecule has 1 N–H and O–H groups in total. The molecule has 1 unspecified atom stereocenters. The Morgan fingerprint density at radius 1 is 1.21 bits per heavy atom. The van der Waals surface area contributed by atoms with Gasteiger partial charge in [0.15, 0.2) is 0 Å². The molecule has 108 valence electrons. The van der Waals surface area contributed by atoms with Crippen LogP contribution in [-0.2, 0) is 6.54 Å². The quantitative estimate of drug-likeness (QED) is 0.864. The van der Waals surface area contributed by atoms with E-state index in [1.165, 1.54) is 12.1 Å². The van der Waals surface area contributed by atoms with E-state index >= 15 is 0 Å². The Bertz CT molecular complexity index is 376. The maximum Gasteiger partial charge on any atom is 0.573 e. The van der Waals surface area contributed by atoms with Gasteiger partial charge < -0.3 is 15.0 Å². The number of halogens is 3. The number of rotatable bonds is 6. The lowest BCUT2D eigenvalue weighted by molar-refractivity contribution is -0.274. The molecule has 0 radical (unpaired) electrons. The zero-order chi connectivity index (χ0) is 14.5. The molecular weight excluding hydrogens is 257 g/mol. The van der Waals surface area contributed by atoms with Crippen LogP contribution in [0.25, 0.3) is 0 Å². The van der Waals surface area contributed by atoms with Crippen LogP contribution < -0.4 is 10.1 Å². The van der Waals surface area contributed by atoms with Gasteiger partial charge in [0.1, 0.15) is 5.75 Å². The molecule has 0 aromatic heterocycles. The van der Waals surface area contributed by atoms with Crippen molar-refractivity contribution < 1.29 is 17.9 Å². The number of alkyl halides is 3. The molecule has 6 heteroatoms. The number of nitrogens with zero attached hydrogens (tertiary/aromatic N) is 1. The first-order valence-electron chi connectivity index (χ1n) is 5.99. The van der Waals surface area contributed by atoms with Gasteiger partial charge >= 0.3 is 6.36 Å². The van der Waals surface area contributed by atoms with Crippen molar-refractivity contribution in [3.8, 4) is 5.75 Å². The Labute approximate surface area is 111 Å². The zero-order valence-electron chi connectivity index (χ0n) is 11.3. The molecule has 0 saturated heterocycles. The number of nitrogens with one attached hydrogen (secondary N) is 1. The second-order valence-electron chi connectivity index (χ2n) is 4.74. The molecule has 0 aliphatic rings. The summed E-state index contributed by atoms with van der Waals surface area (Å²) in [6.07, 6.45) is -4.64. The smallest absolute Gasteiger partial charge is 0.406 e. The minimum atomic E-state index is -4.64. The minimum Gasteiger partial charge on any atom is -0.406 e. The van der Waals surface area contributed by atoms with Crippen molar-refractivity contribution in [2.45, 2.75) is 25.9 Å². The first-order chi connectivity index (χ1) is 8.76. The van der Waals surface area contributed by atoms with Crippen molar-refractivity contribution in [2.75, 3.05) is 20.6 Å². The molecule has 1 atom stereocenters. The fourth-order valence-electron chi connectivity index (χ4n) is 1.71. The molecule has 0 bridgehead atoms. The summed E-state index contributed by atoms with van der Waals surface area (Å²) >= 11 is 0. The fourth-order valence-corrected chi connectivity index (χ4v) is 1.71. The van der Waals surface area contributed by atoms with Gasteiger partial charge in [-0.05, 0) is 38.7 Å². The predicted molar refractivity (Wildman–Crippen MR) is 68.0 cm³/mol. The molecule has 0 heterocycles. The second-order valence-corrected chi connectivity index (χ2v) is 4.74. The van der Waals surface area contributed by atoms with Crippen LogP contribution in [0, 0.1) is 0 Å². The van der Waals surface area contributed by atoms with Gasteiger partial charge in [-0.2, -0.15) is 0 Å². The van der Waals surface area contributed by atoms with E-state index in [1.807, 2.05) is 14.1 Å². The number of hydrogen-bond donors (Lipinski definition) is 1.